The predicted molar refractivity (Wildman–Crippen MR) is 160 cm³/mol. The van der Waals surface area contributed by atoms with Gasteiger partial charge in [0.05, 0.1) is 15.5 Å². The number of nitrogens with zero attached hydrogens (tertiary/aromatic N) is 3. The van der Waals surface area contributed by atoms with Crippen LogP contribution < -0.4 is 9.62 Å². The molecular weight excluding hydrogens is 556 g/mol. The van der Waals surface area contributed by atoms with Gasteiger partial charge in [0, 0.05) is 24.7 Å². The van der Waals surface area contributed by atoms with Crippen LogP contribution in [0.4, 0.5) is 11.4 Å². The van der Waals surface area contributed by atoms with Crippen LogP contribution in [0.2, 0.25) is 0 Å². The van der Waals surface area contributed by atoms with E-state index in [0.717, 1.165) is 47.2 Å². The van der Waals surface area contributed by atoms with Crippen molar-refractivity contribution in [2.24, 2.45) is 0 Å². The molecule has 0 heterocycles. The first kappa shape index (κ1) is 30.7. The lowest BCUT2D eigenvalue weighted by atomic mass is 10.1. The van der Waals surface area contributed by atoms with Gasteiger partial charge in [0.1, 0.15) is 12.6 Å². The molecule has 1 aliphatic rings. The molecule has 0 aromatic heterocycles. The van der Waals surface area contributed by atoms with E-state index in [0.29, 0.717) is 6.42 Å². The Hall–Kier alpha value is -4.25. The highest BCUT2D eigenvalue weighted by atomic mass is 32.2. The molecule has 1 atom stereocenters. The summed E-state index contributed by atoms with van der Waals surface area (Å²) in [5.74, 6) is -0.878. The summed E-state index contributed by atoms with van der Waals surface area (Å²) < 4.78 is 28.7. The van der Waals surface area contributed by atoms with E-state index in [-0.39, 0.29) is 34.8 Å². The lowest BCUT2D eigenvalue weighted by molar-refractivity contribution is -0.384. The van der Waals surface area contributed by atoms with Crippen molar-refractivity contribution in [1.82, 2.24) is 10.2 Å². The number of benzene rings is 3. The Labute approximate surface area is 246 Å². The SMILES string of the molecule is CC[C@@H](C(=O)NC1CCCC1)N(Cc1ccccc1C)C(=O)CN(c1cccc([N+](=O)[O-])c1)S(=O)(=O)c1ccccc1. The Bertz CT molecular complexity index is 1520. The number of sulfonamides is 1. The molecule has 3 aromatic rings. The van der Waals surface area contributed by atoms with Gasteiger partial charge in [-0.25, -0.2) is 8.42 Å². The Balaban J connectivity index is 1.75. The number of anilines is 1. The maximum atomic E-state index is 14.2. The number of carbonyl (C=O) groups excluding carboxylic acids is 2. The van der Waals surface area contributed by atoms with E-state index in [1.807, 2.05) is 38.1 Å². The van der Waals surface area contributed by atoms with Gasteiger partial charge < -0.3 is 10.2 Å². The Morgan fingerprint density at radius 3 is 2.31 bits per heavy atom. The number of rotatable bonds is 12. The maximum absolute atomic E-state index is 14.2. The summed E-state index contributed by atoms with van der Waals surface area (Å²) in [7, 11) is -4.31. The molecule has 0 bridgehead atoms. The number of hydrogen-bond donors (Lipinski definition) is 1. The van der Waals surface area contributed by atoms with Crippen molar-refractivity contribution in [2.45, 2.75) is 69.5 Å². The van der Waals surface area contributed by atoms with Crippen LogP contribution in [0.3, 0.4) is 0 Å². The third kappa shape index (κ3) is 7.14. The lowest BCUT2D eigenvalue weighted by Gasteiger charge is -2.34. The number of aryl methyl sites for hydroxylation is 1. The van der Waals surface area contributed by atoms with Crippen LogP contribution in [-0.2, 0) is 26.2 Å². The summed E-state index contributed by atoms with van der Waals surface area (Å²) in [6, 6.07) is 19.5. The molecule has 0 aliphatic heterocycles. The van der Waals surface area contributed by atoms with Crippen molar-refractivity contribution in [2.75, 3.05) is 10.8 Å². The van der Waals surface area contributed by atoms with E-state index in [1.165, 1.54) is 35.2 Å². The summed E-state index contributed by atoms with van der Waals surface area (Å²) in [5.41, 5.74) is 1.41. The molecule has 2 amide bonds. The molecule has 4 rings (SSSR count). The standard InChI is InChI=1S/C31H36N4O6S/c1-3-29(31(37)32-25-14-9-10-15-25)33(21-24-13-8-7-12-23(24)2)30(36)22-34(26-16-11-17-27(20-26)35(38)39)42(40,41)28-18-5-4-6-19-28/h4-8,11-13,16-20,25,29H,3,9-10,14-15,21-22H2,1-2H3,(H,32,37)/t29-/m0/s1. The fourth-order valence-corrected chi connectivity index (χ4v) is 6.70. The highest BCUT2D eigenvalue weighted by Crippen LogP contribution is 2.28. The van der Waals surface area contributed by atoms with E-state index in [2.05, 4.69) is 5.32 Å². The van der Waals surface area contributed by atoms with E-state index >= 15 is 0 Å². The minimum absolute atomic E-state index is 0.0271. The quantitative estimate of drug-likeness (QED) is 0.234. The van der Waals surface area contributed by atoms with Gasteiger partial charge in [-0.15, -0.1) is 0 Å². The van der Waals surface area contributed by atoms with E-state index < -0.39 is 33.4 Å². The third-order valence-electron chi connectivity index (χ3n) is 7.63. The zero-order valence-corrected chi connectivity index (χ0v) is 24.6. The number of hydrogen-bond acceptors (Lipinski definition) is 6. The average molecular weight is 593 g/mol. The van der Waals surface area contributed by atoms with Gasteiger partial charge in [0.15, 0.2) is 0 Å². The van der Waals surface area contributed by atoms with Crippen molar-refractivity contribution in [3.63, 3.8) is 0 Å². The molecule has 0 unspecified atom stereocenters. The zero-order valence-electron chi connectivity index (χ0n) is 23.8. The van der Waals surface area contributed by atoms with Crippen LogP contribution in [0.1, 0.15) is 50.2 Å². The number of carbonyl (C=O) groups is 2. The summed E-state index contributed by atoms with van der Waals surface area (Å²) >= 11 is 0. The molecular formula is C31H36N4O6S. The minimum Gasteiger partial charge on any atom is -0.352 e. The second kappa shape index (κ2) is 13.6. The van der Waals surface area contributed by atoms with Crippen LogP contribution in [0.5, 0.6) is 0 Å². The number of non-ortho nitro benzene ring substituents is 1. The Morgan fingerprint density at radius 2 is 1.67 bits per heavy atom. The fraction of sp³-hybridized carbons (Fsp3) is 0.355. The second-order valence-corrected chi connectivity index (χ2v) is 12.3. The van der Waals surface area contributed by atoms with Crippen LogP contribution in [0.15, 0.2) is 83.8 Å². The summed E-state index contributed by atoms with van der Waals surface area (Å²) in [6.07, 6.45) is 4.14. The summed E-state index contributed by atoms with van der Waals surface area (Å²) in [6.45, 7) is 3.16. The highest BCUT2D eigenvalue weighted by Gasteiger charge is 2.35. The smallest absolute Gasteiger partial charge is 0.271 e. The van der Waals surface area contributed by atoms with Gasteiger partial charge in [0.2, 0.25) is 11.8 Å². The van der Waals surface area contributed by atoms with Crippen molar-refractivity contribution >= 4 is 33.2 Å². The molecule has 1 saturated carbocycles. The monoisotopic (exact) mass is 592 g/mol. The average Bonchev–Trinajstić information content (AvgIpc) is 3.50. The first-order valence-electron chi connectivity index (χ1n) is 14.1. The third-order valence-corrected chi connectivity index (χ3v) is 9.42. The van der Waals surface area contributed by atoms with Gasteiger partial charge in [-0.3, -0.25) is 24.0 Å². The first-order chi connectivity index (χ1) is 20.1. The summed E-state index contributed by atoms with van der Waals surface area (Å²) in [4.78, 5) is 40.0. The van der Waals surface area contributed by atoms with E-state index in [9.17, 15) is 28.1 Å². The molecule has 1 aliphatic carbocycles. The first-order valence-corrected chi connectivity index (χ1v) is 15.5. The second-order valence-electron chi connectivity index (χ2n) is 10.5. The van der Waals surface area contributed by atoms with Crippen LogP contribution in [0, 0.1) is 17.0 Å². The van der Waals surface area contributed by atoms with Crippen LogP contribution >= 0.6 is 0 Å². The largest absolute Gasteiger partial charge is 0.352 e. The van der Waals surface area contributed by atoms with Gasteiger partial charge >= 0.3 is 0 Å². The maximum Gasteiger partial charge on any atom is 0.271 e. The number of nitro groups is 1. The molecule has 10 nitrogen and oxygen atoms in total. The van der Waals surface area contributed by atoms with Crippen molar-refractivity contribution in [3.8, 4) is 0 Å². The predicted octanol–water partition coefficient (Wildman–Crippen LogP) is 4.96. The molecule has 0 saturated heterocycles. The Morgan fingerprint density at radius 1 is 1.00 bits per heavy atom. The van der Waals surface area contributed by atoms with Gasteiger partial charge in [0.25, 0.3) is 15.7 Å². The summed E-state index contributed by atoms with van der Waals surface area (Å²) in [5, 5.41) is 14.6. The molecule has 3 aromatic carbocycles. The molecule has 0 radical (unpaired) electrons. The normalized spacial score (nSPS) is 14.2. The molecule has 1 fully saturated rings. The number of nitrogens with one attached hydrogen (secondary N) is 1. The number of amides is 2. The van der Waals surface area contributed by atoms with Gasteiger partial charge in [-0.05, 0) is 55.5 Å². The molecule has 1 N–H and O–H groups in total. The van der Waals surface area contributed by atoms with E-state index in [4.69, 9.17) is 0 Å². The highest BCUT2D eigenvalue weighted by molar-refractivity contribution is 7.92. The van der Waals surface area contributed by atoms with Crippen molar-refractivity contribution in [1.29, 1.82) is 0 Å². The topological polar surface area (TPSA) is 130 Å². The Kier molecular flexibility index (Phi) is 9.95. The fourth-order valence-electron chi connectivity index (χ4n) is 5.27. The molecule has 42 heavy (non-hydrogen) atoms. The molecule has 0 spiro atoms. The zero-order chi connectivity index (χ0) is 30.3. The van der Waals surface area contributed by atoms with Crippen LogP contribution in [-0.4, -0.2) is 48.7 Å². The van der Waals surface area contributed by atoms with E-state index in [1.54, 1.807) is 18.2 Å². The van der Waals surface area contributed by atoms with Gasteiger partial charge in [-0.1, -0.05) is 68.3 Å². The van der Waals surface area contributed by atoms with Gasteiger partial charge in [-0.2, -0.15) is 0 Å². The van der Waals surface area contributed by atoms with Crippen molar-refractivity contribution in [3.05, 3.63) is 100 Å². The molecule has 222 valence electrons. The number of nitro benzene ring substituents is 1. The minimum atomic E-state index is -4.31. The molecule has 11 heteroatoms. The van der Waals surface area contributed by atoms with Crippen molar-refractivity contribution < 1.29 is 22.9 Å². The lowest BCUT2D eigenvalue weighted by Crippen LogP contribution is -2.53. The van der Waals surface area contributed by atoms with Crippen LogP contribution in [0.25, 0.3) is 0 Å².